The molecule has 8 nitrogen and oxygen atoms in total. The highest BCUT2D eigenvalue weighted by Crippen LogP contribution is 2.44. The Labute approximate surface area is 217 Å². The molecule has 5 rings (SSSR count). The molecule has 1 amide bonds. The van der Waals surface area contributed by atoms with Crippen LogP contribution in [-0.4, -0.2) is 63.9 Å². The van der Waals surface area contributed by atoms with Crippen molar-refractivity contribution in [3.8, 4) is 0 Å². The van der Waals surface area contributed by atoms with E-state index in [4.69, 9.17) is 5.73 Å². The Hall–Kier alpha value is -3.88. The highest BCUT2D eigenvalue weighted by molar-refractivity contribution is 5.96. The van der Waals surface area contributed by atoms with Crippen molar-refractivity contribution in [2.75, 3.05) is 33.2 Å². The second-order valence-corrected chi connectivity index (χ2v) is 9.99. The van der Waals surface area contributed by atoms with Gasteiger partial charge >= 0.3 is 0 Å². The van der Waals surface area contributed by atoms with Crippen LogP contribution in [0.2, 0.25) is 0 Å². The number of nitrogens with zero attached hydrogens (tertiary/aromatic N) is 5. The molecule has 1 fully saturated rings. The van der Waals surface area contributed by atoms with Crippen LogP contribution in [0.15, 0.2) is 84.7 Å². The quantitative estimate of drug-likeness (QED) is 0.542. The third-order valence-electron chi connectivity index (χ3n) is 7.38. The van der Waals surface area contributed by atoms with Gasteiger partial charge in [0.1, 0.15) is 0 Å². The van der Waals surface area contributed by atoms with Crippen molar-refractivity contribution in [3.05, 3.63) is 107 Å². The molecule has 0 saturated carbocycles. The van der Waals surface area contributed by atoms with Crippen LogP contribution in [0.25, 0.3) is 5.57 Å². The highest BCUT2D eigenvalue weighted by atomic mass is 16.1. The van der Waals surface area contributed by atoms with E-state index >= 15 is 0 Å². The fourth-order valence-electron chi connectivity index (χ4n) is 5.04. The van der Waals surface area contributed by atoms with Crippen LogP contribution in [0.5, 0.6) is 0 Å². The summed E-state index contributed by atoms with van der Waals surface area (Å²) in [4.78, 5) is 31.3. The summed E-state index contributed by atoms with van der Waals surface area (Å²) < 4.78 is 0. The first-order chi connectivity index (χ1) is 17.9. The van der Waals surface area contributed by atoms with Gasteiger partial charge in [0, 0.05) is 74.1 Å². The lowest BCUT2D eigenvalue weighted by atomic mass is 9.70. The zero-order chi connectivity index (χ0) is 25.8. The standard InChI is InChI=1S/C29H33N7O/c1-29(23-5-3-12-31-19-23)11-10-24(26(30)25(29)27-32-13-4-14-33-27)34-28(37)22-8-6-21(7-9-22)20-36-17-15-35(2)16-18-36/h3-10,12-14,19H,11,15-18,20,30H2,1-2H3,(H,34,37). The number of hydrogen-bond acceptors (Lipinski definition) is 7. The van der Waals surface area contributed by atoms with Crippen molar-refractivity contribution < 1.29 is 4.79 Å². The second kappa shape index (κ2) is 10.6. The molecule has 1 unspecified atom stereocenters. The predicted octanol–water partition coefficient (Wildman–Crippen LogP) is 2.96. The van der Waals surface area contributed by atoms with Crippen molar-refractivity contribution in [2.24, 2.45) is 5.73 Å². The number of rotatable bonds is 6. The van der Waals surface area contributed by atoms with Gasteiger partial charge in [0.25, 0.3) is 5.91 Å². The summed E-state index contributed by atoms with van der Waals surface area (Å²) in [7, 11) is 2.16. The molecule has 37 heavy (non-hydrogen) atoms. The number of allylic oxidation sites excluding steroid dienone is 2. The second-order valence-electron chi connectivity index (χ2n) is 9.99. The van der Waals surface area contributed by atoms with Crippen molar-refractivity contribution in [3.63, 3.8) is 0 Å². The van der Waals surface area contributed by atoms with E-state index in [-0.39, 0.29) is 5.91 Å². The Morgan fingerprint density at radius 1 is 1.03 bits per heavy atom. The van der Waals surface area contributed by atoms with E-state index in [1.807, 2.05) is 48.7 Å². The van der Waals surface area contributed by atoms with Gasteiger partial charge in [-0.05, 0) is 48.9 Å². The van der Waals surface area contributed by atoms with Crippen LogP contribution in [0.4, 0.5) is 0 Å². The maximum absolute atomic E-state index is 13.2. The molecule has 3 N–H and O–H groups in total. The first-order valence-electron chi connectivity index (χ1n) is 12.6. The number of nitrogens with two attached hydrogens (primary N) is 1. The third-order valence-corrected chi connectivity index (χ3v) is 7.38. The molecule has 2 aromatic heterocycles. The molecule has 3 heterocycles. The van der Waals surface area contributed by atoms with Gasteiger partial charge in [-0.25, -0.2) is 9.97 Å². The number of aromatic nitrogens is 3. The molecule has 8 heteroatoms. The Kier molecular flexibility index (Phi) is 7.12. The Bertz CT molecular complexity index is 1300. The molecule has 1 aromatic carbocycles. The van der Waals surface area contributed by atoms with E-state index in [1.54, 1.807) is 24.7 Å². The van der Waals surface area contributed by atoms with E-state index in [9.17, 15) is 4.79 Å². The summed E-state index contributed by atoms with van der Waals surface area (Å²) in [5.41, 5.74) is 10.9. The van der Waals surface area contributed by atoms with Gasteiger partial charge in [-0.3, -0.25) is 14.7 Å². The molecule has 1 atom stereocenters. The summed E-state index contributed by atoms with van der Waals surface area (Å²) in [6.45, 7) is 7.29. The van der Waals surface area contributed by atoms with Gasteiger partial charge in [0.05, 0.1) is 11.4 Å². The normalized spacial score (nSPS) is 21.0. The van der Waals surface area contributed by atoms with Crippen LogP contribution < -0.4 is 11.1 Å². The van der Waals surface area contributed by atoms with Crippen LogP contribution in [-0.2, 0) is 12.0 Å². The molecule has 0 radical (unpaired) electrons. The van der Waals surface area contributed by atoms with E-state index < -0.39 is 5.41 Å². The van der Waals surface area contributed by atoms with Gasteiger partial charge in [-0.2, -0.15) is 0 Å². The summed E-state index contributed by atoms with van der Waals surface area (Å²) in [5.74, 6) is 0.345. The first kappa shape index (κ1) is 24.8. The lowest BCUT2D eigenvalue weighted by molar-refractivity contribution is 0.0966. The van der Waals surface area contributed by atoms with Crippen LogP contribution in [0, 0.1) is 0 Å². The molecular formula is C29H33N7O. The summed E-state index contributed by atoms with van der Waals surface area (Å²) in [5, 5.41) is 3.03. The Balaban J connectivity index is 1.35. The average Bonchev–Trinajstić information content (AvgIpc) is 2.93. The van der Waals surface area contributed by atoms with E-state index in [0.29, 0.717) is 29.2 Å². The predicted molar refractivity (Wildman–Crippen MR) is 144 cm³/mol. The van der Waals surface area contributed by atoms with Crippen molar-refractivity contribution in [1.82, 2.24) is 30.1 Å². The van der Waals surface area contributed by atoms with Crippen LogP contribution in [0.1, 0.15) is 40.7 Å². The molecule has 0 spiro atoms. The maximum Gasteiger partial charge on any atom is 0.255 e. The summed E-state index contributed by atoms with van der Waals surface area (Å²) in [6.07, 6.45) is 9.59. The van der Waals surface area contributed by atoms with Gasteiger partial charge < -0.3 is 16.0 Å². The minimum Gasteiger partial charge on any atom is -0.397 e. The first-order valence-corrected chi connectivity index (χ1v) is 12.6. The maximum atomic E-state index is 13.2. The smallest absolute Gasteiger partial charge is 0.255 e. The van der Waals surface area contributed by atoms with E-state index in [0.717, 1.165) is 43.9 Å². The molecule has 1 aliphatic heterocycles. The summed E-state index contributed by atoms with van der Waals surface area (Å²) >= 11 is 0. The number of benzene rings is 1. The SMILES string of the molecule is CN1CCN(Cc2ccc(C(=O)NC3=CCC(C)(c4cccnc4)C(c4ncccn4)=C3N)cc2)CC1. The molecule has 1 aliphatic carbocycles. The molecule has 3 aromatic rings. The van der Waals surface area contributed by atoms with Gasteiger partial charge in [-0.1, -0.05) is 31.2 Å². The number of pyridine rings is 1. The van der Waals surface area contributed by atoms with E-state index in [1.165, 1.54) is 5.56 Å². The number of carbonyl (C=O) groups excluding carboxylic acids is 1. The van der Waals surface area contributed by atoms with Crippen molar-refractivity contribution >= 4 is 11.5 Å². The molecule has 1 saturated heterocycles. The Morgan fingerprint density at radius 3 is 2.43 bits per heavy atom. The molecular weight excluding hydrogens is 462 g/mol. The van der Waals surface area contributed by atoms with E-state index in [2.05, 4.69) is 44.0 Å². The lowest BCUT2D eigenvalue weighted by Crippen LogP contribution is -2.43. The summed E-state index contributed by atoms with van der Waals surface area (Å²) in [6, 6.07) is 13.5. The third kappa shape index (κ3) is 5.30. The Morgan fingerprint density at radius 2 is 1.76 bits per heavy atom. The number of carbonyl (C=O) groups is 1. The van der Waals surface area contributed by atoms with Crippen LogP contribution in [0.3, 0.4) is 0 Å². The molecule has 190 valence electrons. The minimum atomic E-state index is -0.487. The topological polar surface area (TPSA) is 100 Å². The molecule has 2 aliphatic rings. The number of hydrogen-bond donors (Lipinski definition) is 2. The highest BCUT2D eigenvalue weighted by Gasteiger charge is 2.38. The number of amides is 1. The number of likely N-dealkylation sites (N-methyl/N-ethyl adjacent to an activating group) is 1. The van der Waals surface area contributed by atoms with Crippen molar-refractivity contribution in [2.45, 2.75) is 25.3 Å². The van der Waals surface area contributed by atoms with Gasteiger partial charge in [0.2, 0.25) is 0 Å². The fraction of sp³-hybridized carbons (Fsp3) is 0.310. The fourth-order valence-corrected chi connectivity index (χ4v) is 5.04. The van der Waals surface area contributed by atoms with Crippen molar-refractivity contribution in [1.29, 1.82) is 0 Å². The van der Waals surface area contributed by atoms with Gasteiger partial charge in [0.15, 0.2) is 5.82 Å². The minimum absolute atomic E-state index is 0.196. The molecule has 0 bridgehead atoms. The lowest BCUT2D eigenvalue weighted by Gasteiger charge is -2.36. The monoisotopic (exact) mass is 495 g/mol. The van der Waals surface area contributed by atoms with Gasteiger partial charge in [-0.15, -0.1) is 0 Å². The zero-order valence-electron chi connectivity index (χ0n) is 21.4. The zero-order valence-corrected chi connectivity index (χ0v) is 21.4. The number of nitrogens with one attached hydrogen (secondary N) is 1. The van der Waals surface area contributed by atoms with Crippen LogP contribution >= 0.6 is 0 Å². The largest absolute Gasteiger partial charge is 0.397 e. The average molecular weight is 496 g/mol. The number of piperazine rings is 1.